The number of piperidine rings is 1. The van der Waals surface area contributed by atoms with Crippen LogP contribution in [0, 0.1) is 0 Å². The smallest absolute Gasteiger partial charge is 0.110 e. The van der Waals surface area contributed by atoms with Gasteiger partial charge >= 0.3 is 0 Å². The first-order valence-corrected chi connectivity index (χ1v) is 7.21. The van der Waals surface area contributed by atoms with E-state index in [-0.39, 0.29) is 0 Å². The van der Waals surface area contributed by atoms with Crippen molar-refractivity contribution in [3.05, 3.63) is 16.1 Å². The van der Waals surface area contributed by atoms with E-state index in [9.17, 15) is 0 Å². The fraction of sp³-hybridized carbons (Fsp3) is 0.750. The highest BCUT2D eigenvalue weighted by Gasteiger charge is 2.22. The van der Waals surface area contributed by atoms with Gasteiger partial charge in [-0.15, -0.1) is 11.3 Å². The number of nitrogens with zero attached hydrogens (tertiary/aromatic N) is 1. The van der Waals surface area contributed by atoms with Crippen molar-refractivity contribution in [2.24, 2.45) is 0 Å². The first-order chi connectivity index (χ1) is 7.93. The van der Waals surface area contributed by atoms with Gasteiger partial charge in [0.15, 0.2) is 0 Å². The van der Waals surface area contributed by atoms with Crippen LogP contribution in [0.1, 0.15) is 48.3 Å². The van der Waals surface area contributed by atoms with Gasteiger partial charge in [0.1, 0.15) is 5.01 Å². The van der Waals surface area contributed by atoms with Crippen molar-refractivity contribution >= 4 is 11.3 Å². The van der Waals surface area contributed by atoms with Crippen molar-refractivity contribution in [3.63, 3.8) is 0 Å². The highest BCUT2D eigenvalue weighted by molar-refractivity contribution is 7.09. The molecule has 0 radical (unpaired) electrons. The molecule has 0 aliphatic carbocycles. The molecule has 2 aliphatic rings. The fourth-order valence-corrected chi connectivity index (χ4v) is 3.66. The first-order valence-electron chi connectivity index (χ1n) is 6.33. The summed E-state index contributed by atoms with van der Waals surface area (Å²) in [6.07, 6.45) is 5.15. The minimum Gasteiger partial charge on any atom is -0.316 e. The summed E-state index contributed by atoms with van der Waals surface area (Å²) >= 11 is 1.84. The van der Waals surface area contributed by atoms with Crippen LogP contribution in [0.15, 0.2) is 5.38 Å². The fourth-order valence-electron chi connectivity index (χ4n) is 2.65. The zero-order chi connectivity index (χ0) is 10.8. The molecule has 1 aromatic heterocycles. The third-order valence-corrected chi connectivity index (χ3v) is 4.59. The lowest BCUT2D eigenvalue weighted by molar-refractivity contribution is 0.454. The molecule has 3 nitrogen and oxygen atoms in total. The van der Waals surface area contributed by atoms with Crippen LogP contribution in [0.25, 0.3) is 0 Å². The lowest BCUT2D eigenvalue weighted by atomic mass is 9.97. The molecule has 0 aromatic carbocycles. The molecule has 2 aliphatic heterocycles. The molecule has 1 aromatic rings. The molecule has 0 saturated carbocycles. The summed E-state index contributed by atoms with van der Waals surface area (Å²) in [7, 11) is 0. The molecule has 0 bridgehead atoms. The SMILES string of the molecule is c1sc(C2CCCN2)nc1C1CCCNC1. The second-order valence-corrected chi connectivity index (χ2v) is 5.69. The van der Waals surface area contributed by atoms with Crippen LogP contribution in [0.5, 0.6) is 0 Å². The van der Waals surface area contributed by atoms with Crippen molar-refractivity contribution in [1.82, 2.24) is 15.6 Å². The van der Waals surface area contributed by atoms with Crippen LogP contribution in [0.4, 0.5) is 0 Å². The van der Waals surface area contributed by atoms with E-state index in [2.05, 4.69) is 16.0 Å². The monoisotopic (exact) mass is 237 g/mol. The Balaban J connectivity index is 1.71. The summed E-state index contributed by atoms with van der Waals surface area (Å²) in [4.78, 5) is 4.83. The van der Waals surface area contributed by atoms with Crippen LogP contribution >= 0.6 is 11.3 Å². The Morgan fingerprint density at radius 1 is 1.25 bits per heavy atom. The third-order valence-electron chi connectivity index (χ3n) is 3.61. The average Bonchev–Trinajstić information content (AvgIpc) is 3.01. The molecule has 3 rings (SSSR count). The van der Waals surface area contributed by atoms with E-state index >= 15 is 0 Å². The molecule has 4 heteroatoms. The summed E-state index contributed by atoms with van der Waals surface area (Å²) in [5.74, 6) is 0.653. The predicted octanol–water partition coefficient (Wildman–Crippen LogP) is 2.03. The zero-order valence-corrected chi connectivity index (χ0v) is 10.4. The van der Waals surface area contributed by atoms with Gasteiger partial charge in [-0.2, -0.15) is 0 Å². The minimum atomic E-state index is 0.537. The van der Waals surface area contributed by atoms with Crippen LogP contribution in [-0.4, -0.2) is 24.6 Å². The maximum atomic E-state index is 4.83. The maximum absolute atomic E-state index is 4.83. The number of rotatable bonds is 2. The molecular weight excluding hydrogens is 218 g/mol. The Morgan fingerprint density at radius 2 is 2.19 bits per heavy atom. The van der Waals surface area contributed by atoms with Gasteiger partial charge in [-0.1, -0.05) is 0 Å². The molecule has 0 spiro atoms. The molecule has 3 heterocycles. The molecule has 2 unspecified atom stereocenters. The summed E-state index contributed by atoms with van der Waals surface area (Å²) in [6.45, 7) is 3.45. The summed E-state index contributed by atoms with van der Waals surface area (Å²) in [5.41, 5.74) is 1.32. The van der Waals surface area contributed by atoms with E-state index in [1.54, 1.807) is 0 Å². The van der Waals surface area contributed by atoms with Crippen molar-refractivity contribution in [2.45, 2.75) is 37.6 Å². The van der Waals surface area contributed by atoms with Gasteiger partial charge in [0.05, 0.1) is 11.7 Å². The Labute approximate surface area is 101 Å². The predicted molar refractivity (Wildman–Crippen MR) is 66.9 cm³/mol. The summed E-state index contributed by atoms with van der Waals surface area (Å²) in [6, 6.07) is 0.537. The van der Waals surface area contributed by atoms with Gasteiger partial charge in [-0.3, -0.25) is 0 Å². The van der Waals surface area contributed by atoms with Gasteiger partial charge < -0.3 is 10.6 Å². The molecular formula is C12H19N3S. The Morgan fingerprint density at radius 3 is 2.94 bits per heavy atom. The third kappa shape index (κ3) is 2.14. The van der Waals surface area contributed by atoms with Gasteiger partial charge in [-0.25, -0.2) is 4.98 Å². The van der Waals surface area contributed by atoms with E-state index in [4.69, 9.17) is 4.98 Å². The minimum absolute atomic E-state index is 0.537. The zero-order valence-electron chi connectivity index (χ0n) is 9.54. The van der Waals surface area contributed by atoms with Gasteiger partial charge in [0, 0.05) is 17.8 Å². The number of hydrogen-bond acceptors (Lipinski definition) is 4. The normalized spacial score (nSPS) is 30.8. The molecule has 2 N–H and O–H groups in total. The summed E-state index contributed by atoms with van der Waals surface area (Å²) in [5, 5.41) is 10.6. The topological polar surface area (TPSA) is 37.0 Å². The number of aromatic nitrogens is 1. The Bertz CT molecular complexity index is 338. The number of nitrogens with one attached hydrogen (secondary N) is 2. The average molecular weight is 237 g/mol. The number of thiazole rings is 1. The number of hydrogen-bond donors (Lipinski definition) is 2. The van der Waals surface area contributed by atoms with Crippen molar-refractivity contribution in [1.29, 1.82) is 0 Å². The highest BCUT2D eigenvalue weighted by atomic mass is 32.1. The lowest BCUT2D eigenvalue weighted by Gasteiger charge is -2.20. The highest BCUT2D eigenvalue weighted by Crippen LogP contribution is 2.30. The van der Waals surface area contributed by atoms with Gasteiger partial charge in [-0.05, 0) is 38.8 Å². The van der Waals surface area contributed by atoms with Crippen molar-refractivity contribution in [2.75, 3.05) is 19.6 Å². The maximum Gasteiger partial charge on any atom is 0.110 e. The van der Waals surface area contributed by atoms with Crippen molar-refractivity contribution in [3.8, 4) is 0 Å². The van der Waals surface area contributed by atoms with Crippen LogP contribution < -0.4 is 10.6 Å². The van der Waals surface area contributed by atoms with E-state index < -0.39 is 0 Å². The van der Waals surface area contributed by atoms with Crippen molar-refractivity contribution < 1.29 is 0 Å². The largest absolute Gasteiger partial charge is 0.316 e. The van der Waals surface area contributed by atoms with Gasteiger partial charge in [0.25, 0.3) is 0 Å². The van der Waals surface area contributed by atoms with Crippen LogP contribution in [0.3, 0.4) is 0 Å². The molecule has 2 fully saturated rings. The second kappa shape index (κ2) is 4.82. The van der Waals surface area contributed by atoms with E-state index in [0.717, 1.165) is 13.1 Å². The van der Waals surface area contributed by atoms with E-state index in [0.29, 0.717) is 12.0 Å². The molecule has 88 valence electrons. The van der Waals surface area contributed by atoms with E-state index in [1.807, 2.05) is 11.3 Å². The molecule has 0 amide bonds. The molecule has 2 saturated heterocycles. The molecule has 16 heavy (non-hydrogen) atoms. The van der Waals surface area contributed by atoms with Crippen LogP contribution in [-0.2, 0) is 0 Å². The quantitative estimate of drug-likeness (QED) is 0.826. The van der Waals surface area contributed by atoms with E-state index in [1.165, 1.54) is 42.9 Å². The summed E-state index contributed by atoms with van der Waals surface area (Å²) < 4.78 is 0. The molecule has 2 atom stereocenters. The first kappa shape index (κ1) is 10.7. The van der Waals surface area contributed by atoms with Gasteiger partial charge in [0.2, 0.25) is 0 Å². The lowest BCUT2D eigenvalue weighted by Crippen LogP contribution is -2.28. The standard InChI is InChI=1S/C12H19N3S/c1-3-9(7-13-5-1)11-8-16-12(15-11)10-4-2-6-14-10/h8-10,13-14H,1-7H2. The van der Waals surface area contributed by atoms with Crippen LogP contribution in [0.2, 0.25) is 0 Å². The Hall–Kier alpha value is -0.450. The second-order valence-electron chi connectivity index (χ2n) is 4.80. The Kier molecular flexibility index (Phi) is 3.22.